The van der Waals surface area contributed by atoms with Crippen molar-refractivity contribution < 1.29 is 0 Å². The van der Waals surface area contributed by atoms with Gasteiger partial charge in [-0.15, -0.1) is 0 Å². The second kappa shape index (κ2) is 5.24. The number of aryl methyl sites for hydroxylation is 3. The normalized spacial score (nSPS) is 15.7. The van der Waals surface area contributed by atoms with Gasteiger partial charge in [-0.1, -0.05) is 31.0 Å². The standard InChI is InChI=1S/C18H23N/c1-14-9-7-8-12-18(14)19-15(2)16-10-5-3-4-6-11-17(19)13-16/h7-9,12-13H,3-6,10-11H2,1-2H3. The summed E-state index contributed by atoms with van der Waals surface area (Å²) in [5.74, 6) is 0. The van der Waals surface area contributed by atoms with E-state index in [2.05, 4.69) is 48.7 Å². The summed E-state index contributed by atoms with van der Waals surface area (Å²) in [4.78, 5) is 0. The van der Waals surface area contributed by atoms with Crippen LogP contribution in [-0.2, 0) is 12.8 Å². The predicted octanol–water partition coefficient (Wildman–Crippen LogP) is 4.75. The van der Waals surface area contributed by atoms with Crippen LogP contribution in [-0.4, -0.2) is 4.57 Å². The monoisotopic (exact) mass is 253 g/mol. The molecule has 0 spiro atoms. The van der Waals surface area contributed by atoms with Gasteiger partial charge in [0.25, 0.3) is 0 Å². The minimum absolute atomic E-state index is 1.22. The highest BCUT2D eigenvalue weighted by atomic mass is 15.0. The maximum atomic E-state index is 2.50. The van der Waals surface area contributed by atoms with E-state index in [0.717, 1.165) is 0 Å². The molecular formula is C18H23N. The highest BCUT2D eigenvalue weighted by Gasteiger charge is 2.15. The van der Waals surface area contributed by atoms with Crippen LogP contribution in [0.3, 0.4) is 0 Å². The minimum Gasteiger partial charge on any atom is -0.318 e. The van der Waals surface area contributed by atoms with E-state index >= 15 is 0 Å². The number of hydrogen-bond donors (Lipinski definition) is 0. The van der Waals surface area contributed by atoms with Gasteiger partial charge in [0.1, 0.15) is 0 Å². The van der Waals surface area contributed by atoms with Gasteiger partial charge in [-0.2, -0.15) is 0 Å². The van der Waals surface area contributed by atoms with E-state index < -0.39 is 0 Å². The fourth-order valence-electron chi connectivity index (χ4n) is 3.29. The summed E-state index contributed by atoms with van der Waals surface area (Å²) in [5, 5.41) is 0. The Morgan fingerprint density at radius 2 is 1.63 bits per heavy atom. The first kappa shape index (κ1) is 12.5. The summed E-state index contributed by atoms with van der Waals surface area (Å²) in [6.45, 7) is 4.50. The molecule has 1 heterocycles. The Labute approximate surface area is 116 Å². The lowest BCUT2D eigenvalue weighted by Crippen LogP contribution is -2.05. The lowest BCUT2D eigenvalue weighted by molar-refractivity contribution is 0.630. The molecule has 1 aromatic carbocycles. The van der Waals surface area contributed by atoms with E-state index in [1.807, 2.05) is 0 Å². The van der Waals surface area contributed by atoms with E-state index in [-0.39, 0.29) is 0 Å². The van der Waals surface area contributed by atoms with Crippen LogP contribution < -0.4 is 0 Å². The lowest BCUT2D eigenvalue weighted by Gasteiger charge is -2.15. The van der Waals surface area contributed by atoms with Gasteiger partial charge in [0, 0.05) is 17.1 Å². The number of para-hydroxylation sites is 1. The molecule has 0 saturated heterocycles. The third kappa shape index (κ3) is 2.34. The van der Waals surface area contributed by atoms with Crippen molar-refractivity contribution in [1.82, 2.24) is 4.57 Å². The molecule has 0 radical (unpaired) electrons. The molecule has 2 bridgehead atoms. The van der Waals surface area contributed by atoms with Crippen molar-refractivity contribution in [3.8, 4) is 5.69 Å². The van der Waals surface area contributed by atoms with Crippen LogP contribution in [0.1, 0.15) is 48.2 Å². The molecule has 100 valence electrons. The van der Waals surface area contributed by atoms with Crippen molar-refractivity contribution >= 4 is 0 Å². The highest BCUT2D eigenvalue weighted by molar-refractivity contribution is 5.46. The Balaban J connectivity index is 2.13. The minimum atomic E-state index is 1.22. The van der Waals surface area contributed by atoms with E-state index in [0.29, 0.717) is 0 Å². The SMILES string of the molecule is Cc1ccccc1-n1c2cc(c1C)CCCCCC2. The smallest absolute Gasteiger partial charge is 0.0484 e. The second-order valence-corrected chi connectivity index (χ2v) is 5.78. The molecule has 0 fully saturated rings. The molecule has 1 aliphatic carbocycles. The van der Waals surface area contributed by atoms with Crippen molar-refractivity contribution in [2.24, 2.45) is 0 Å². The molecule has 1 heteroatoms. The Morgan fingerprint density at radius 3 is 2.42 bits per heavy atom. The summed E-state index contributed by atoms with van der Waals surface area (Å²) in [6, 6.07) is 11.2. The zero-order chi connectivity index (χ0) is 13.2. The molecule has 3 rings (SSSR count). The molecule has 1 aliphatic rings. The first-order chi connectivity index (χ1) is 9.27. The Morgan fingerprint density at radius 1 is 0.895 bits per heavy atom. The van der Waals surface area contributed by atoms with Crippen LogP contribution >= 0.6 is 0 Å². The molecular weight excluding hydrogens is 230 g/mol. The topological polar surface area (TPSA) is 4.93 Å². The second-order valence-electron chi connectivity index (χ2n) is 5.78. The van der Waals surface area contributed by atoms with Crippen LogP contribution in [0.4, 0.5) is 0 Å². The van der Waals surface area contributed by atoms with Crippen LogP contribution in [0.25, 0.3) is 5.69 Å². The van der Waals surface area contributed by atoms with Gasteiger partial charge in [-0.25, -0.2) is 0 Å². The summed E-state index contributed by atoms with van der Waals surface area (Å²) >= 11 is 0. The molecule has 0 amide bonds. The summed E-state index contributed by atoms with van der Waals surface area (Å²) < 4.78 is 2.50. The van der Waals surface area contributed by atoms with Crippen molar-refractivity contribution in [2.45, 2.75) is 52.4 Å². The van der Waals surface area contributed by atoms with Crippen molar-refractivity contribution in [1.29, 1.82) is 0 Å². The third-order valence-corrected chi connectivity index (χ3v) is 4.41. The molecule has 0 saturated carbocycles. The summed E-state index contributed by atoms with van der Waals surface area (Å²) in [5.41, 5.74) is 7.24. The Kier molecular flexibility index (Phi) is 3.46. The largest absolute Gasteiger partial charge is 0.318 e. The fourth-order valence-corrected chi connectivity index (χ4v) is 3.29. The van der Waals surface area contributed by atoms with Crippen LogP contribution in [0.2, 0.25) is 0 Å². The van der Waals surface area contributed by atoms with Gasteiger partial charge < -0.3 is 4.57 Å². The van der Waals surface area contributed by atoms with Gasteiger partial charge in [0.15, 0.2) is 0 Å². The zero-order valence-corrected chi connectivity index (χ0v) is 12.1. The van der Waals surface area contributed by atoms with Gasteiger partial charge >= 0.3 is 0 Å². The van der Waals surface area contributed by atoms with Crippen molar-refractivity contribution in [3.05, 3.63) is 52.8 Å². The zero-order valence-electron chi connectivity index (χ0n) is 12.1. The molecule has 0 unspecified atom stereocenters. The van der Waals surface area contributed by atoms with E-state index in [1.54, 1.807) is 5.56 Å². The highest BCUT2D eigenvalue weighted by Crippen LogP contribution is 2.27. The van der Waals surface area contributed by atoms with Gasteiger partial charge in [-0.05, 0) is 62.8 Å². The number of benzene rings is 1. The summed E-state index contributed by atoms with van der Waals surface area (Å²) in [6.07, 6.45) is 7.91. The van der Waals surface area contributed by atoms with Crippen molar-refractivity contribution in [2.75, 3.05) is 0 Å². The third-order valence-electron chi connectivity index (χ3n) is 4.41. The molecule has 0 atom stereocenters. The van der Waals surface area contributed by atoms with E-state index in [1.165, 1.54) is 61.2 Å². The van der Waals surface area contributed by atoms with Gasteiger partial charge in [0.05, 0.1) is 0 Å². The Hall–Kier alpha value is -1.50. The van der Waals surface area contributed by atoms with Crippen LogP contribution in [0.15, 0.2) is 30.3 Å². The number of nitrogens with zero attached hydrogens (tertiary/aromatic N) is 1. The molecule has 0 aliphatic heterocycles. The molecule has 0 N–H and O–H groups in total. The molecule has 1 nitrogen and oxygen atoms in total. The average molecular weight is 253 g/mol. The summed E-state index contributed by atoms with van der Waals surface area (Å²) in [7, 11) is 0. The Bertz CT molecular complexity index is 577. The van der Waals surface area contributed by atoms with Crippen LogP contribution in [0.5, 0.6) is 0 Å². The number of aromatic nitrogens is 1. The average Bonchev–Trinajstić information content (AvgIpc) is 2.77. The van der Waals surface area contributed by atoms with E-state index in [9.17, 15) is 0 Å². The number of fused-ring (bicyclic) bond motifs is 2. The first-order valence-corrected chi connectivity index (χ1v) is 7.53. The quantitative estimate of drug-likeness (QED) is 0.691. The fraction of sp³-hybridized carbons (Fsp3) is 0.444. The number of hydrogen-bond acceptors (Lipinski definition) is 0. The molecule has 19 heavy (non-hydrogen) atoms. The van der Waals surface area contributed by atoms with Gasteiger partial charge in [0.2, 0.25) is 0 Å². The predicted molar refractivity (Wildman–Crippen MR) is 81.1 cm³/mol. The van der Waals surface area contributed by atoms with Crippen LogP contribution in [0, 0.1) is 13.8 Å². The van der Waals surface area contributed by atoms with Crippen molar-refractivity contribution in [3.63, 3.8) is 0 Å². The molecule has 1 aromatic heterocycles. The first-order valence-electron chi connectivity index (χ1n) is 7.53. The molecule has 2 aromatic rings. The maximum Gasteiger partial charge on any atom is 0.0484 e. The number of rotatable bonds is 1. The van der Waals surface area contributed by atoms with Gasteiger partial charge in [-0.3, -0.25) is 0 Å². The van der Waals surface area contributed by atoms with E-state index in [4.69, 9.17) is 0 Å². The maximum absolute atomic E-state index is 2.50. The lowest BCUT2D eigenvalue weighted by atomic mass is 10.1.